The zero-order valence-corrected chi connectivity index (χ0v) is 22.8. The van der Waals surface area contributed by atoms with Gasteiger partial charge in [-0.1, -0.05) is 12.8 Å². The standard InChI is InChI=1S/C27H29N5O7S/c1-36-16-8-10-18(37-2)17(12-16)23(26(34)30-14-5-3-4-6-14)32(15-7-9-19-20(11-15)39-13-38-19)27(35)24-21(28)22(25(29)33)31-40-24/h7-12,14,23H,3-6,13,28H2,1-2H3,(H2,29,33)(H,30,34). The number of anilines is 2. The normalized spacial score (nSPS) is 14.9. The first-order valence-corrected chi connectivity index (χ1v) is 13.4. The quantitative estimate of drug-likeness (QED) is 0.352. The van der Waals surface area contributed by atoms with Crippen molar-refractivity contribution in [2.24, 2.45) is 5.73 Å². The van der Waals surface area contributed by atoms with Gasteiger partial charge >= 0.3 is 0 Å². The summed E-state index contributed by atoms with van der Waals surface area (Å²) in [6.07, 6.45) is 3.65. The molecule has 1 aromatic heterocycles. The second-order valence-electron chi connectivity index (χ2n) is 9.35. The predicted octanol–water partition coefficient (Wildman–Crippen LogP) is 3.02. The summed E-state index contributed by atoms with van der Waals surface area (Å²) in [4.78, 5) is 41.6. The van der Waals surface area contributed by atoms with Gasteiger partial charge < -0.3 is 35.7 Å². The Labute approximate surface area is 234 Å². The van der Waals surface area contributed by atoms with Crippen molar-refractivity contribution in [3.63, 3.8) is 0 Å². The molecule has 5 N–H and O–H groups in total. The van der Waals surface area contributed by atoms with E-state index >= 15 is 0 Å². The van der Waals surface area contributed by atoms with Gasteiger partial charge in [-0.05, 0) is 54.7 Å². The number of nitrogens with one attached hydrogen (secondary N) is 1. The lowest BCUT2D eigenvalue weighted by molar-refractivity contribution is -0.123. The van der Waals surface area contributed by atoms with Gasteiger partial charge in [0, 0.05) is 23.4 Å². The van der Waals surface area contributed by atoms with Crippen LogP contribution in [0.4, 0.5) is 11.4 Å². The third kappa shape index (κ3) is 5.07. The summed E-state index contributed by atoms with van der Waals surface area (Å²) < 4.78 is 26.1. The Morgan fingerprint density at radius 2 is 1.82 bits per heavy atom. The van der Waals surface area contributed by atoms with Crippen LogP contribution in [0.15, 0.2) is 36.4 Å². The van der Waals surface area contributed by atoms with E-state index in [2.05, 4.69) is 9.69 Å². The predicted molar refractivity (Wildman–Crippen MR) is 147 cm³/mol. The Morgan fingerprint density at radius 1 is 1.07 bits per heavy atom. The molecule has 13 heteroatoms. The Kier molecular flexibility index (Phi) is 7.65. The highest BCUT2D eigenvalue weighted by molar-refractivity contribution is 7.09. The summed E-state index contributed by atoms with van der Waals surface area (Å²) in [6.45, 7) is 0.0196. The number of nitrogen functional groups attached to an aromatic ring is 1. The van der Waals surface area contributed by atoms with Gasteiger partial charge in [-0.3, -0.25) is 19.3 Å². The molecule has 1 aliphatic heterocycles. The van der Waals surface area contributed by atoms with Crippen LogP contribution in [0, 0.1) is 0 Å². The van der Waals surface area contributed by atoms with E-state index in [-0.39, 0.29) is 29.1 Å². The molecule has 1 saturated carbocycles. The van der Waals surface area contributed by atoms with Crippen molar-refractivity contribution < 1.29 is 33.3 Å². The van der Waals surface area contributed by atoms with Crippen LogP contribution in [0.3, 0.4) is 0 Å². The molecule has 2 aliphatic rings. The lowest BCUT2D eigenvalue weighted by atomic mass is 10.00. The molecule has 3 amide bonds. The molecule has 0 saturated heterocycles. The highest BCUT2D eigenvalue weighted by Crippen LogP contribution is 2.42. The van der Waals surface area contributed by atoms with Crippen molar-refractivity contribution in [2.75, 3.05) is 31.6 Å². The maximum atomic E-state index is 14.4. The molecule has 210 valence electrons. The summed E-state index contributed by atoms with van der Waals surface area (Å²) in [5.74, 6) is -0.247. The first-order chi connectivity index (χ1) is 19.3. The van der Waals surface area contributed by atoms with Crippen molar-refractivity contribution >= 4 is 40.6 Å². The topological polar surface area (TPSA) is 168 Å². The fourth-order valence-electron chi connectivity index (χ4n) is 4.96. The molecule has 40 heavy (non-hydrogen) atoms. The van der Waals surface area contributed by atoms with E-state index in [4.69, 9.17) is 30.4 Å². The minimum absolute atomic E-state index is 0.0196. The van der Waals surface area contributed by atoms with Gasteiger partial charge in [0.2, 0.25) is 12.7 Å². The van der Waals surface area contributed by atoms with E-state index in [1.54, 1.807) is 36.4 Å². The summed E-state index contributed by atoms with van der Waals surface area (Å²) in [5.41, 5.74) is 11.9. The van der Waals surface area contributed by atoms with Crippen LogP contribution in [0.1, 0.15) is 57.4 Å². The number of rotatable bonds is 9. The van der Waals surface area contributed by atoms with E-state index in [0.717, 1.165) is 37.2 Å². The first kappa shape index (κ1) is 27.1. The van der Waals surface area contributed by atoms with Gasteiger partial charge in [-0.15, -0.1) is 0 Å². The minimum atomic E-state index is -1.24. The zero-order chi connectivity index (χ0) is 28.4. The largest absolute Gasteiger partial charge is 0.497 e. The molecule has 2 aromatic carbocycles. The molecule has 1 aliphatic carbocycles. The average Bonchev–Trinajstić information content (AvgIpc) is 3.72. The van der Waals surface area contributed by atoms with Crippen LogP contribution in [-0.2, 0) is 4.79 Å². The van der Waals surface area contributed by atoms with Gasteiger partial charge in [0.15, 0.2) is 17.2 Å². The number of primary amides is 1. The summed E-state index contributed by atoms with van der Waals surface area (Å²) >= 11 is 0.725. The van der Waals surface area contributed by atoms with Crippen molar-refractivity contribution in [1.82, 2.24) is 9.69 Å². The van der Waals surface area contributed by atoms with Crippen molar-refractivity contribution in [1.29, 1.82) is 0 Å². The number of carbonyl (C=O) groups is 3. The maximum absolute atomic E-state index is 14.4. The smallest absolute Gasteiger partial charge is 0.273 e. The number of fused-ring (bicyclic) bond motifs is 1. The molecule has 0 spiro atoms. The minimum Gasteiger partial charge on any atom is -0.497 e. The Bertz CT molecular complexity index is 1450. The fourth-order valence-corrected chi connectivity index (χ4v) is 5.70. The number of nitrogens with two attached hydrogens (primary N) is 2. The van der Waals surface area contributed by atoms with E-state index in [1.807, 2.05) is 0 Å². The third-order valence-corrected chi connectivity index (χ3v) is 7.80. The van der Waals surface area contributed by atoms with E-state index < -0.39 is 23.8 Å². The zero-order valence-electron chi connectivity index (χ0n) is 22.0. The molecule has 1 atom stereocenters. The van der Waals surface area contributed by atoms with Gasteiger partial charge in [0.25, 0.3) is 11.8 Å². The molecular weight excluding hydrogens is 538 g/mol. The Morgan fingerprint density at radius 3 is 2.50 bits per heavy atom. The molecule has 1 unspecified atom stereocenters. The van der Waals surface area contributed by atoms with E-state index in [1.165, 1.54) is 19.1 Å². The van der Waals surface area contributed by atoms with Crippen LogP contribution in [0.5, 0.6) is 23.0 Å². The average molecular weight is 568 g/mol. The second-order valence-corrected chi connectivity index (χ2v) is 10.1. The summed E-state index contributed by atoms with van der Waals surface area (Å²) in [6, 6.07) is 8.62. The van der Waals surface area contributed by atoms with Crippen molar-refractivity contribution in [3.05, 3.63) is 52.5 Å². The molecule has 1 fully saturated rings. The Hall–Kier alpha value is -4.52. The fraction of sp³-hybridized carbons (Fsp3) is 0.333. The van der Waals surface area contributed by atoms with Gasteiger partial charge in [0.05, 0.1) is 19.9 Å². The van der Waals surface area contributed by atoms with Gasteiger partial charge in [-0.2, -0.15) is 4.37 Å². The lowest BCUT2D eigenvalue weighted by Crippen LogP contribution is -2.46. The van der Waals surface area contributed by atoms with Crippen LogP contribution in [0.25, 0.3) is 0 Å². The Balaban J connectivity index is 1.71. The second kappa shape index (κ2) is 11.3. The van der Waals surface area contributed by atoms with E-state index in [0.29, 0.717) is 34.2 Å². The van der Waals surface area contributed by atoms with E-state index in [9.17, 15) is 14.4 Å². The highest BCUT2D eigenvalue weighted by Gasteiger charge is 2.39. The van der Waals surface area contributed by atoms with Crippen molar-refractivity contribution in [3.8, 4) is 23.0 Å². The number of aromatic nitrogens is 1. The number of nitrogens with zero attached hydrogens (tertiary/aromatic N) is 2. The lowest BCUT2D eigenvalue weighted by Gasteiger charge is -2.33. The monoisotopic (exact) mass is 567 g/mol. The molecule has 0 bridgehead atoms. The number of amides is 3. The third-order valence-electron chi connectivity index (χ3n) is 6.95. The number of hydrogen-bond acceptors (Lipinski definition) is 10. The molecule has 0 radical (unpaired) electrons. The van der Waals surface area contributed by atoms with Crippen LogP contribution in [0.2, 0.25) is 0 Å². The molecular formula is C27H29N5O7S. The molecule has 12 nitrogen and oxygen atoms in total. The number of carbonyl (C=O) groups excluding carboxylic acids is 3. The maximum Gasteiger partial charge on any atom is 0.273 e. The SMILES string of the molecule is COc1ccc(OC)c(C(C(=O)NC2CCCC2)N(C(=O)c2snc(C(N)=O)c2N)c2ccc3c(c2)OCO3)c1. The number of benzene rings is 2. The summed E-state index contributed by atoms with van der Waals surface area (Å²) in [5, 5.41) is 3.11. The van der Waals surface area contributed by atoms with Crippen LogP contribution < -0.4 is 40.6 Å². The molecule has 3 aromatic rings. The highest BCUT2D eigenvalue weighted by atomic mass is 32.1. The van der Waals surface area contributed by atoms with Crippen molar-refractivity contribution in [2.45, 2.75) is 37.8 Å². The number of ether oxygens (including phenoxy) is 4. The number of hydrogen-bond donors (Lipinski definition) is 3. The molecule has 2 heterocycles. The van der Waals surface area contributed by atoms with Gasteiger partial charge in [0.1, 0.15) is 22.4 Å². The van der Waals surface area contributed by atoms with Gasteiger partial charge in [-0.25, -0.2) is 0 Å². The molecule has 5 rings (SSSR count). The first-order valence-electron chi connectivity index (χ1n) is 12.6. The van der Waals surface area contributed by atoms with Crippen LogP contribution in [-0.4, -0.2) is 49.1 Å². The summed E-state index contributed by atoms with van der Waals surface area (Å²) in [7, 11) is 2.98. The number of methoxy groups -OCH3 is 2. The van der Waals surface area contributed by atoms with Crippen LogP contribution >= 0.6 is 11.5 Å².